The Balaban J connectivity index is 1.27. The Morgan fingerprint density at radius 3 is 2.70 bits per heavy atom. The van der Waals surface area contributed by atoms with Crippen LogP contribution in [0.3, 0.4) is 0 Å². The molecule has 144 valence electrons. The molecule has 0 radical (unpaired) electrons. The molecule has 1 N–H and O–H groups in total. The maximum absolute atomic E-state index is 12.4. The summed E-state index contributed by atoms with van der Waals surface area (Å²) in [5.74, 6) is 2.71. The molecule has 2 aromatic rings. The summed E-state index contributed by atoms with van der Waals surface area (Å²) in [5.41, 5.74) is 1.21. The van der Waals surface area contributed by atoms with Crippen molar-refractivity contribution in [1.82, 2.24) is 15.0 Å². The minimum absolute atomic E-state index is 0.0625. The third kappa shape index (κ3) is 4.06. The van der Waals surface area contributed by atoms with Crippen molar-refractivity contribution in [2.45, 2.75) is 26.4 Å². The number of fused-ring (bicyclic) bond motifs is 1. The van der Waals surface area contributed by atoms with Crippen molar-refractivity contribution in [2.75, 3.05) is 38.3 Å². The first kappa shape index (κ1) is 17.8. The zero-order chi connectivity index (χ0) is 18.8. The zero-order valence-electron chi connectivity index (χ0n) is 15.6. The van der Waals surface area contributed by atoms with Crippen LogP contribution in [0.1, 0.15) is 18.2 Å². The van der Waals surface area contributed by atoms with E-state index in [1.807, 2.05) is 19.1 Å². The van der Waals surface area contributed by atoms with E-state index < -0.39 is 0 Å². The van der Waals surface area contributed by atoms with Gasteiger partial charge in [-0.15, -0.1) is 0 Å². The normalized spacial score (nSPS) is 18.4. The summed E-state index contributed by atoms with van der Waals surface area (Å²) in [7, 11) is 0. The fourth-order valence-electron chi connectivity index (χ4n) is 3.43. The number of ether oxygens (including phenoxy) is 2. The van der Waals surface area contributed by atoms with E-state index in [9.17, 15) is 4.79 Å². The van der Waals surface area contributed by atoms with Gasteiger partial charge in [-0.3, -0.25) is 14.6 Å². The van der Waals surface area contributed by atoms with E-state index in [0.717, 1.165) is 44.2 Å². The summed E-state index contributed by atoms with van der Waals surface area (Å²) in [6, 6.07) is 7.59. The van der Waals surface area contributed by atoms with Crippen molar-refractivity contribution >= 4 is 11.7 Å². The smallest absolute Gasteiger partial charge is 0.242 e. The van der Waals surface area contributed by atoms with Crippen molar-refractivity contribution in [3.63, 3.8) is 0 Å². The second-order valence-electron chi connectivity index (χ2n) is 6.99. The Kier molecular flexibility index (Phi) is 5.00. The minimum Gasteiger partial charge on any atom is -0.454 e. The average molecular weight is 372 g/mol. The van der Waals surface area contributed by atoms with Crippen molar-refractivity contribution in [3.05, 3.63) is 35.6 Å². The highest BCUT2D eigenvalue weighted by atomic mass is 16.7. The van der Waals surface area contributed by atoms with E-state index in [1.54, 1.807) is 13.0 Å². The van der Waals surface area contributed by atoms with Gasteiger partial charge >= 0.3 is 0 Å². The first-order valence-corrected chi connectivity index (χ1v) is 9.17. The molecule has 27 heavy (non-hydrogen) atoms. The Labute approximate surface area is 158 Å². The molecule has 0 saturated carbocycles. The SMILES string of the molecule is Cc1cc(NC(=O)C(C)N2CCN(Cc3ccc4c(c3)OCO4)CC2)no1. The lowest BCUT2D eigenvalue weighted by molar-refractivity contribution is -0.121. The van der Waals surface area contributed by atoms with Gasteiger partial charge in [-0.05, 0) is 31.5 Å². The number of benzene rings is 1. The van der Waals surface area contributed by atoms with Crippen molar-refractivity contribution in [3.8, 4) is 11.5 Å². The van der Waals surface area contributed by atoms with Gasteiger partial charge in [0.25, 0.3) is 0 Å². The maximum Gasteiger partial charge on any atom is 0.242 e. The number of carbonyl (C=O) groups is 1. The topological polar surface area (TPSA) is 80.1 Å². The van der Waals surface area contributed by atoms with Gasteiger partial charge in [0.15, 0.2) is 17.3 Å². The average Bonchev–Trinajstić information content (AvgIpc) is 3.30. The van der Waals surface area contributed by atoms with Crippen molar-refractivity contribution < 1.29 is 18.8 Å². The molecule has 4 rings (SSSR count). The maximum atomic E-state index is 12.4. The molecular formula is C19H24N4O4. The highest BCUT2D eigenvalue weighted by molar-refractivity contribution is 5.93. The lowest BCUT2D eigenvalue weighted by Gasteiger charge is -2.37. The van der Waals surface area contributed by atoms with E-state index in [0.29, 0.717) is 18.4 Å². The molecule has 0 spiro atoms. The quantitative estimate of drug-likeness (QED) is 0.858. The van der Waals surface area contributed by atoms with Crippen LogP contribution in [0.5, 0.6) is 11.5 Å². The van der Waals surface area contributed by atoms with Gasteiger partial charge in [0.2, 0.25) is 12.7 Å². The van der Waals surface area contributed by atoms with Crippen LogP contribution in [-0.4, -0.2) is 59.9 Å². The number of hydrogen-bond acceptors (Lipinski definition) is 7. The number of amides is 1. The predicted octanol–water partition coefficient (Wildman–Crippen LogP) is 1.86. The molecule has 0 bridgehead atoms. The largest absolute Gasteiger partial charge is 0.454 e. The zero-order valence-corrected chi connectivity index (χ0v) is 15.6. The van der Waals surface area contributed by atoms with Gasteiger partial charge in [-0.1, -0.05) is 11.2 Å². The van der Waals surface area contributed by atoms with Gasteiger partial charge in [-0.25, -0.2) is 0 Å². The van der Waals surface area contributed by atoms with E-state index in [1.165, 1.54) is 5.56 Å². The number of rotatable bonds is 5. The number of anilines is 1. The summed E-state index contributed by atoms with van der Waals surface area (Å²) in [4.78, 5) is 17.0. The predicted molar refractivity (Wildman–Crippen MR) is 98.7 cm³/mol. The van der Waals surface area contributed by atoms with Gasteiger partial charge in [-0.2, -0.15) is 0 Å². The number of aryl methyl sites for hydroxylation is 1. The number of aromatic nitrogens is 1. The standard InChI is InChI=1S/C19H24N4O4/c1-13-9-18(21-27-13)20-19(24)14(2)23-7-5-22(6-8-23)11-15-3-4-16-17(10-15)26-12-25-16/h3-4,9-10,14H,5-8,11-12H2,1-2H3,(H,20,21,24). The molecule has 3 heterocycles. The highest BCUT2D eigenvalue weighted by Crippen LogP contribution is 2.32. The van der Waals surface area contributed by atoms with Crippen LogP contribution in [0.2, 0.25) is 0 Å². The van der Waals surface area contributed by atoms with Crippen molar-refractivity contribution in [2.24, 2.45) is 0 Å². The molecule has 8 heteroatoms. The van der Waals surface area contributed by atoms with Gasteiger partial charge in [0.05, 0.1) is 6.04 Å². The third-order valence-corrected chi connectivity index (χ3v) is 5.06. The molecule has 0 aliphatic carbocycles. The lowest BCUT2D eigenvalue weighted by atomic mass is 10.1. The van der Waals surface area contributed by atoms with E-state index in [2.05, 4.69) is 26.3 Å². The van der Waals surface area contributed by atoms with Gasteiger partial charge < -0.3 is 19.3 Å². The molecule has 1 amide bonds. The number of nitrogens with zero attached hydrogens (tertiary/aromatic N) is 3. The summed E-state index contributed by atoms with van der Waals surface area (Å²) in [5, 5.41) is 6.62. The Hall–Kier alpha value is -2.58. The Morgan fingerprint density at radius 1 is 1.19 bits per heavy atom. The molecule has 1 unspecified atom stereocenters. The third-order valence-electron chi connectivity index (χ3n) is 5.06. The van der Waals surface area contributed by atoms with Crippen LogP contribution in [0.4, 0.5) is 5.82 Å². The Morgan fingerprint density at radius 2 is 1.96 bits per heavy atom. The highest BCUT2D eigenvalue weighted by Gasteiger charge is 2.26. The summed E-state index contributed by atoms with van der Waals surface area (Å²) in [6.45, 7) is 8.40. The van der Waals surface area contributed by atoms with Gasteiger partial charge in [0, 0.05) is 38.8 Å². The van der Waals surface area contributed by atoms with Crippen LogP contribution in [0, 0.1) is 6.92 Å². The summed E-state index contributed by atoms with van der Waals surface area (Å²) < 4.78 is 15.8. The molecule has 1 fully saturated rings. The van der Waals surface area contributed by atoms with E-state index in [-0.39, 0.29) is 11.9 Å². The second kappa shape index (κ2) is 7.58. The molecular weight excluding hydrogens is 348 g/mol. The summed E-state index contributed by atoms with van der Waals surface area (Å²) >= 11 is 0. The summed E-state index contributed by atoms with van der Waals surface area (Å²) in [6.07, 6.45) is 0. The molecule has 2 aliphatic heterocycles. The molecule has 1 saturated heterocycles. The molecule has 2 aliphatic rings. The minimum atomic E-state index is -0.213. The number of nitrogens with one attached hydrogen (secondary N) is 1. The fourth-order valence-corrected chi connectivity index (χ4v) is 3.43. The number of piperazine rings is 1. The monoisotopic (exact) mass is 372 g/mol. The second-order valence-corrected chi connectivity index (χ2v) is 6.99. The van der Waals surface area contributed by atoms with Crippen LogP contribution in [-0.2, 0) is 11.3 Å². The lowest BCUT2D eigenvalue weighted by Crippen LogP contribution is -2.52. The van der Waals surface area contributed by atoms with E-state index in [4.69, 9.17) is 14.0 Å². The molecule has 8 nitrogen and oxygen atoms in total. The first-order chi connectivity index (χ1) is 13.1. The molecule has 1 atom stereocenters. The molecule has 1 aromatic heterocycles. The van der Waals surface area contributed by atoms with E-state index >= 15 is 0 Å². The number of carbonyl (C=O) groups excluding carboxylic acids is 1. The first-order valence-electron chi connectivity index (χ1n) is 9.17. The van der Waals surface area contributed by atoms with Gasteiger partial charge in [0.1, 0.15) is 5.76 Å². The van der Waals surface area contributed by atoms with Crippen LogP contribution in [0.25, 0.3) is 0 Å². The van der Waals surface area contributed by atoms with Crippen LogP contribution >= 0.6 is 0 Å². The fraction of sp³-hybridized carbons (Fsp3) is 0.474. The Bertz CT molecular complexity index is 814. The molecule has 1 aromatic carbocycles. The number of hydrogen-bond donors (Lipinski definition) is 1. The van der Waals surface area contributed by atoms with Crippen LogP contribution in [0.15, 0.2) is 28.8 Å². The van der Waals surface area contributed by atoms with Crippen LogP contribution < -0.4 is 14.8 Å². The van der Waals surface area contributed by atoms with Crippen molar-refractivity contribution in [1.29, 1.82) is 0 Å².